The number of hydrogen-bond donors (Lipinski definition) is 2. The van der Waals surface area contributed by atoms with Crippen molar-refractivity contribution in [3.05, 3.63) is 24.3 Å². The number of hydrogen-bond acceptors (Lipinski definition) is 6. The smallest absolute Gasteiger partial charge is 0.333 e. The summed E-state index contributed by atoms with van der Waals surface area (Å²) >= 11 is 0. The van der Waals surface area contributed by atoms with E-state index in [-0.39, 0.29) is 30.4 Å². The maximum atomic E-state index is 12.7. The van der Waals surface area contributed by atoms with Crippen LogP contribution in [-0.2, 0) is 28.7 Å². The first-order valence-electron chi connectivity index (χ1n) is 12.3. The zero-order valence-electron chi connectivity index (χ0n) is 20.5. The average Bonchev–Trinajstić information content (AvgIpc) is 3.45. The molecular formula is C26H38N2O6. The highest BCUT2D eigenvalue weighted by Crippen LogP contribution is 2.68. The van der Waals surface area contributed by atoms with Crippen molar-refractivity contribution in [3.8, 4) is 0 Å². The van der Waals surface area contributed by atoms with Gasteiger partial charge in [-0.1, -0.05) is 13.2 Å². The minimum Gasteiger partial charge on any atom is -0.460 e. The molecule has 2 N–H and O–H groups in total. The highest BCUT2D eigenvalue weighted by Gasteiger charge is 2.60. The van der Waals surface area contributed by atoms with E-state index in [1.165, 1.54) is 0 Å². The molecule has 0 heterocycles. The summed E-state index contributed by atoms with van der Waals surface area (Å²) in [6, 6.07) is 0. The zero-order chi connectivity index (χ0) is 24.9. The quantitative estimate of drug-likeness (QED) is 0.256. The number of nitrogens with one attached hydrogen (secondary N) is 2. The molecule has 3 aliphatic carbocycles. The van der Waals surface area contributed by atoms with Gasteiger partial charge in [-0.15, -0.1) is 0 Å². The number of rotatable bonds is 12. The van der Waals surface area contributed by atoms with Crippen LogP contribution in [0.15, 0.2) is 24.3 Å². The fraction of sp³-hybridized carbons (Fsp3) is 0.692. The van der Waals surface area contributed by atoms with E-state index in [4.69, 9.17) is 9.47 Å². The van der Waals surface area contributed by atoms with E-state index in [0.717, 1.165) is 32.1 Å². The van der Waals surface area contributed by atoms with Crippen LogP contribution in [-0.4, -0.2) is 50.1 Å². The third-order valence-corrected chi connectivity index (χ3v) is 7.78. The van der Waals surface area contributed by atoms with Gasteiger partial charge in [0, 0.05) is 24.0 Å². The second kappa shape index (κ2) is 11.2. The van der Waals surface area contributed by atoms with Gasteiger partial charge in [-0.05, 0) is 75.0 Å². The Balaban J connectivity index is 1.41. The van der Waals surface area contributed by atoms with E-state index >= 15 is 0 Å². The molecule has 0 aromatic carbocycles. The lowest BCUT2D eigenvalue weighted by Gasteiger charge is -2.35. The molecule has 3 aliphatic rings. The van der Waals surface area contributed by atoms with Crippen molar-refractivity contribution in [3.63, 3.8) is 0 Å². The van der Waals surface area contributed by atoms with Crippen molar-refractivity contribution in [2.24, 2.45) is 29.1 Å². The normalized spacial score (nSPS) is 28.6. The Bertz CT molecular complexity index is 852. The second-order valence-corrected chi connectivity index (χ2v) is 10.4. The Kier molecular flexibility index (Phi) is 8.55. The van der Waals surface area contributed by atoms with Gasteiger partial charge in [0.25, 0.3) is 0 Å². The molecule has 2 amide bonds. The molecule has 0 aromatic rings. The van der Waals surface area contributed by atoms with Crippen molar-refractivity contribution >= 4 is 23.8 Å². The summed E-state index contributed by atoms with van der Waals surface area (Å²) in [5, 5.41) is 5.74. The molecular weight excluding hydrogens is 436 g/mol. The van der Waals surface area contributed by atoms with Gasteiger partial charge < -0.3 is 20.1 Å². The summed E-state index contributed by atoms with van der Waals surface area (Å²) in [5.41, 5.74) is 0.720. The number of carbonyl (C=O) groups excluding carboxylic acids is 4. The lowest BCUT2D eigenvalue weighted by atomic mass is 9.69. The lowest BCUT2D eigenvalue weighted by Crippen LogP contribution is -2.36. The van der Waals surface area contributed by atoms with Gasteiger partial charge in [0.2, 0.25) is 11.8 Å². The van der Waals surface area contributed by atoms with E-state index in [9.17, 15) is 19.2 Å². The van der Waals surface area contributed by atoms with E-state index in [0.29, 0.717) is 60.7 Å². The summed E-state index contributed by atoms with van der Waals surface area (Å²) in [4.78, 5) is 47.9. The molecule has 0 spiro atoms. The summed E-state index contributed by atoms with van der Waals surface area (Å²) in [7, 11) is 0. The molecule has 0 saturated heterocycles. The van der Waals surface area contributed by atoms with Crippen LogP contribution in [0.2, 0.25) is 0 Å². The van der Waals surface area contributed by atoms with Crippen LogP contribution in [0.5, 0.6) is 0 Å². The number of amides is 2. The third kappa shape index (κ3) is 6.27. The summed E-state index contributed by atoms with van der Waals surface area (Å²) in [5.74, 6) is 1.19. The molecule has 8 heteroatoms. The third-order valence-electron chi connectivity index (χ3n) is 7.78. The maximum absolute atomic E-state index is 12.7. The van der Waals surface area contributed by atoms with Crippen LogP contribution in [0.1, 0.15) is 58.8 Å². The first-order valence-corrected chi connectivity index (χ1v) is 12.3. The molecule has 3 fully saturated rings. The molecule has 34 heavy (non-hydrogen) atoms. The van der Waals surface area contributed by atoms with E-state index in [1.807, 2.05) is 0 Å². The number of ether oxygens (including phenoxy) is 2. The molecule has 5 unspecified atom stereocenters. The molecule has 0 radical (unpaired) electrons. The Hall–Kier alpha value is -2.64. The zero-order valence-corrected chi connectivity index (χ0v) is 20.5. The predicted octanol–water partition coefficient (Wildman–Crippen LogP) is 2.68. The second-order valence-electron chi connectivity index (χ2n) is 10.4. The molecule has 0 aliphatic heterocycles. The maximum Gasteiger partial charge on any atom is 0.333 e. The fourth-order valence-electron chi connectivity index (χ4n) is 6.40. The van der Waals surface area contributed by atoms with Gasteiger partial charge in [0.1, 0.15) is 13.2 Å². The number of fused-ring (bicyclic) bond motifs is 5. The van der Waals surface area contributed by atoms with E-state index in [2.05, 4.69) is 23.8 Å². The minimum absolute atomic E-state index is 0.0122. The first-order chi connectivity index (χ1) is 16.1. The van der Waals surface area contributed by atoms with Crippen molar-refractivity contribution in [1.29, 1.82) is 0 Å². The first kappa shape index (κ1) is 26.0. The minimum atomic E-state index is -0.449. The standard InChI is InChI=1S/C26H38N2O6/c1-16(2)24(31)33-9-7-27-22(29)13-18-11-20-19-5-6-26(14-19,21(20)12-18)15-23(30)28-8-10-34-25(32)17(3)4/h18-21H,1,3,5-15H2,2,4H3,(H,27,29)(H,28,30). The van der Waals surface area contributed by atoms with Gasteiger partial charge in [-0.3, -0.25) is 9.59 Å². The van der Waals surface area contributed by atoms with Crippen molar-refractivity contribution in [2.45, 2.75) is 58.8 Å². The predicted molar refractivity (Wildman–Crippen MR) is 126 cm³/mol. The molecule has 8 nitrogen and oxygen atoms in total. The van der Waals surface area contributed by atoms with Crippen molar-refractivity contribution in [1.82, 2.24) is 10.6 Å². The molecule has 3 rings (SSSR count). The largest absolute Gasteiger partial charge is 0.460 e. The van der Waals surface area contributed by atoms with Crippen LogP contribution >= 0.6 is 0 Å². The van der Waals surface area contributed by atoms with Crippen molar-refractivity contribution in [2.75, 3.05) is 26.3 Å². The van der Waals surface area contributed by atoms with Crippen LogP contribution in [0.25, 0.3) is 0 Å². The Labute approximate surface area is 201 Å². The lowest BCUT2D eigenvalue weighted by molar-refractivity contribution is -0.140. The number of carbonyl (C=O) groups is 4. The summed E-state index contributed by atoms with van der Waals surface area (Å²) < 4.78 is 10.1. The van der Waals surface area contributed by atoms with E-state index in [1.54, 1.807) is 13.8 Å². The summed E-state index contributed by atoms with van der Waals surface area (Å²) in [6.45, 7) is 11.1. The topological polar surface area (TPSA) is 111 Å². The fourth-order valence-corrected chi connectivity index (χ4v) is 6.40. The Morgan fingerprint density at radius 2 is 1.50 bits per heavy atom. The van der Waals surface area contributed by atoms with E-state index < -0.39 is 11.9 Å². The summed E-state index contributed by atoms with van der Waals surface area (Å²) in [6.07, 6.45) is 6.36. The molecule has 0 aromatic heterocycles. The number of esters is 2. The highest BCUT2D eigenvalue weighted by atomic mass is 16.5. The van der Waals surface area contributed by atoms with Gasteiger partial charge in [0.05, 0.1) is 13.1 Å². The molecule has 2 bridgehead atoms. The van der Waals surface area contributed by atoms with Gasteiger partial charge in [-0.25, -0.2) is 9.59 Å². The van der Waals surface area contributed by atoms with Gasteiger partial charge >= 0.3 is 11.9 Å². The van der Waals surface area contributed by atoms with Crippen molar-refractivity contribution < 1.29 is 28.7 Å². The van der Waals surface area contributed by atoms with Crippen LogP contribution < -0.4 is 10.6 Å². The average molecular weight is 475 g/mol. The van der Waals surface area contributed by atoms with Gasteiger partial charge in [-0.2, -0.15) is 0 Å². The molecule has 5 atom stereocenters. The molecule has 188 valence electrons. The van der Waals surface area contributed by atoms with Crippen LogP contribution in [0.3, 0.4) is 0 Å². The van der Waals surface area contributed by atoms with Crippen LogP contribution in [0.4, 0.5) is 0 Å². The Morgan fingerprint density at radius 3 is 2.09 bits per heavy atom. The monoisotopic (exact) mass is 474 g/mol. The van der Waals surface area contributed by atoms with Crippen LogP contribution in [0, 0.1) is 29.1 Å². The molecule has 3 saturated carbocycles. The SMILES string of the molecule is C=C(C)C(=O)OCCNC(=O)CC1CC2C3CCC(CC(=O)NCCOC(=O)C(=C)C)(C3)C2C1. The Morgan fingerprint density at radius 1 is 0.912 bits per heavy atom. The van der Waals surface area contributed by atoms with Gasteiger partial charge in [0.15, 0.2) is 0 Å². The highest BCUT2D eigenvalue weighted by molar-refractivity contribution is 5.87.